The first kappa shape index (κ1) is 23.5. The second kappa shape index (κ2) is 10.1. The van der Waals surface area contributed by atoms with E-state index in [1.165, 1.54) is 0 Å². The third kappa shape index (κ3) is 4.85. The molecule has 4 heteroatoms. The van der Waals surface area contributed by atoms with Crippen molar-refractivity contribution in [1.82, 2.24) is 0 Å². The SMILES string of the molecule is CCCCc1ccc(-c2ccc(-c3ccc(C4CCC(C)CC4)c(F)c3F)cc2)c(F)c1F. The van der Waals surface area contributed by atoms with Crippen LogP contribution in [0, 0.1) is 29.2 Å². The lowest BCUT2D eigenvalue weighted by molar-refractivity contribution is 0.339. The maximum atomic E-state index is 15.0. The van der Waals surface area contributed by atoms with E-state index in [2.05, 4.69) is 6.92 Å². The van der Waals surface area contributed by atoms with Crippen LogP contribution < -0.4 is 0 Å². The molecule has 0 N–H and O–H groups in total. The molecule has 0 aromatic heterocycles. The van der Waals surface area contributed by atoms with E-state index < -0.39 is 23.3 Å². The smallest absolute Gasteiger partial charge is 0.166 e. The monoisotopic (exact) mass is 454 g/mol. The van der Waals surface area contributed by atoms with E-state index in [9.17, 15) is 17.6 Å². The van der Waals surface area contributed by atoms with Crippen molar-refractivity contribution in [2.45, 2.75) is 64.7 Å². The van der Waals surface area contributed by atoms with Gasteiger partial charge < -0.3 is 0 Å². The Hall–Kier alpha value is -2.62. The molecule has 1 aliphatic carbocycles. The highest BCUT2D eigenvalue weighted by molar-refractivity contribution is 5.71. The quantitative estimate of drug-likeness (QED) is 0.326. The van der Waals surface area contributed by atoms with Crippen LogP contribution in [-0.4, -0.2) is 0 Å². The topological polar surface area (TPSA) is 0 Å². The van der Waals surface area contributed by atoms with Gasteiger partial charge in [0.15, 0.2) is 23.3 Å². The summed E-state index contributed by atoms with van der Waals surface area (Å²) in [4.78, 5) is 0. The summed E-state index contributed by atoms with van der Waals surface area (Å²) >= 11 is 0. The van der Waals surface area contributed by atoms with E-state index in [1.807, 2.05) is 6.92 Å². The Balaban J connectivity index is 1.59. The molecule has 0 bridgehead atoms. The lowest BCUT2D eigenvalue weighted by atomic mass is 9.79. The number of hydrogen-bond acceptors (Lipinski definition) is 0. The van der Waals surface area contributed by atoms with Crippen molar-refractivity contribution in [3.05, 3.63) is 82.9 Å². The molecule has 0 nitrogen and oxygen atoms in total. The highest BCUT2D eigenvalue weighted by Crippen LogP contribution is 2.39. The van der Waals surface area contributed by atoms with Gasteiger partial charge in [-0.1, -0.05) is 81.6 Å². The fourth-order valence-corrected chi connectivity index (χ4v) is 4.88. The molecule has 0 atom stereocenters. The summed E-state index contributed by atoms with van der Waals surface area (Å²) in [6, 6.07) is 13.0. The molecule has 3 aromatic carbocycles. The van der Waals surface area contributed by atoms with Crippen LogP contribution in [0.3, 0.4) is 0 Å². The van der Waals surface area contributed by atoms with Crippen molar-refractivity contribution in [3.63, 3.8) is 0 Å². The van der Waals surface area contributed by atoms with Gasteiger partial charge in [-0.3, -0.25) is 0 Å². The molecule has 174 valence electrons. The third-order valence-electron chi connectivity index (χ3n) is 7.04. The van der Waals surface area contributed by atoms with Crippen LogP contribution in [0.25, 0.3) is 22.3 Å². The largest absolute Gasteiger partial charge is 0.203 e. The summed E-state index contributed by atoms with van der Waals surface area (Å²) in [5, 5.41) is 0. The van der Waals surface area contributed by atoms with Crippen LogP contribution in [0.5, 0.6) is 0 Å². The molecule has 0 amide bonds. The first-order valence-electron chi connectivity index (χ1n) is 12.0. The number of aryl methyl sites for hydroxylation is 1. The summed E-state index contributed by atoms with van der Waals surface area (Å²) in [6.07, 6.45) is 6.03. The molecule has 0 heterocycles. The van der Waals surface area contributed by atoms with Crippen LogP contribution >= 0.6 is 0 Å². The molecule has 0 aliphatic heterocycles. The Labute approximate surface area is 193 Å². The van der Waals surface area contributed by atoms with Crippen molar-refractivity contribution < 1.29 is 17.6 Å². The van der Waals surface area contributed by atoms with E-state index in [0.717, 1.165) is 38.5 Å². The zero-order chi connectivity index (χ0) is 23.5. The summed E-state index contributed by atoms with van der Waals surface area (Å²) in [5.74, 6) is -2.61. The Morgan fingerprint density at radius 3 is 1.79 bits per heavy atom. The molecule has 0 radical (unpaired) electrons. The Morgan fingerprint density at radius 1 is 0.667 bits per heavy atom. The Bertz CT molecular complexity index is 1110. The number of benzene rings is 3. The van der Waals surface area contributed by atoms with Gasteiger partial charge in [-0.2, -0.15) is 0 Å². The fourth-order valence-electron chi connectivity index (χ4n) is 4.88. The van der Waals surface area contributed by atoms with Crippen LogP contribution in [0.15, 0.2) is 48.5 Å². The molecule has 0 spiro atoms. The van der Waals surface area contributed by atoms with Crippen LogP contribution in [0.4, 0.5) is 17.6 Å². The minimum Gasteiger partial charge on any atom is -0.203 e. The molecule has 0 saturated heterocycles. The highest BCUT2D eigenvalue weighted by atomic mass is 19.2. The summed E-state index contributed by atoms with van der Waals surface area (Å²) < 4.78 is 59.0. The summed E-state index contributed by atoms with van der Waals surface area (Å²) in [6.45, 7) is 4.20. The first-order chi connectivity index (χ1) is 15.9. The number of rotatable bonds is 6. The standard InChI is InChI=1S/C29H30F4/c1-3-4-5-22-14-15-23(27(31)26(22)30)20-10-12-21(13-11-20)25-17-16-24(28(32)29(25)33)19-8-6-18(2)7-9-19/h10-19H,3-9H2,1-2H3. The van der Waals surface area contributed by atoms with Gasteiger partial charge >= 0.3 is 0 Å². The van der Waals surface area contributed by atoms with Crippen molar-refractivity contribution in [2.24, 2.45) is 5.92 Å². The van der Waals surface area contributed by atoms with Gasteiger partial charge in [0.05, 0.1) is 0 Å². The molecular weight excluding hydrogens is 424 g/mol. The minimum atomic E-state index is -0.875. The van der Waals surface area contributed by atoms with E-state index in [0.29, 0.717) is 34.6 Å². The van der Waals surface area contributed by atoms with Crippen LogP contribution in [-0.2, 0) is 6.42 Å². The first-order valence-corrected chi connectivity index (χ1v) is 12.0. The van der Waals surface area contributed by atoms with Gasteiger partial charge in [0.1, 0.15) is 0 Å². The Morgan fingerprint density at radius 2 is 1.21 bits per heavy atom. The van der Waals surface area contributed by atoms with Crippen LogP contribution in [0.2, 0.25) is 0 Å². The van der Waals surface area contributed by atoms with Crippen molar-refractivity contribution in [2.75, 3.05) is 0 Å². The molecular formula is C29H30F4. The van der Waals surface area contributed by atoms with Gasteiger partial charge in [0, 0.05) is 11.1 Å². The predicted molar refractivity (Wildman–Crippen MR) is 126 cm³/mol. The van der Waals surface area contributed by atoms with E-state index in [4.69, 9.17) is 0 Å². The van der Waals surface area contributed by atoms with Crippen molar-refractivity contribution in [3.8, 4) is 22.3 Å². The van der Waals surface area contributed by atoms with Gasteiger partial charge in [0.2, 0.25) is 0 Å². The highest BCUT2D eigenvalue weighted by Gasteiger charge is 2.25. The second-order valence-electron chi connectivity index (χ2n) is 9.37. The maximum Gasteiger partial charge on any atom is 0.166 e. The lowest BCUT2D eigenvalue weighted by Crippen LogP contribution is -2.13. The lowest BCUT2D eigenvalue weighted by Gasteiger charge is -2.27. The number of hydrogen-bond donors (Lipinski definition) is 0. The molecule has 4 rings (SSSR count). The maximum absolute atomic E-state index is 15.0. The molecule has 0 unspecified atom stereocenters. The predicted octanol–water partition coefficient (Wildman–Crippen LogP) is 9.21. The summed E-state index contributed by atoms with van der Waals surface area (Å²) in [7, 11) is 0. The zero-order valence-corrected chi connectivity index (χ0v) is 19.2. The third-order valence-corrected chi connectivity index (χ3v) is 7.04. The number of unbranched alkanes of at least 4 members (excludes halogenated alkanes) is 1. The van der Waals surface area contributed by atoms with Crippen molar-refractivity contribution in [1.29, 1.82) is 0 Å². The average molecular weight is 455 g/mol. The molecule has 1 saturated carbocycles. The minimum absolute atomic E-state index is 0.0605. The molecule has 33 heavy (non-hydrogen) atoms. The molecule has 3 aromatic rings. The van der Waals surface area contributed by atoms with Gasteiger partial charge in [0.25, 0.3) is 0 Å². The fraction of sp³-hybridized carbons (Fsp3) is 0.379. The normalized spacial score (nSPS) is 18.5. The van der Waals surface area contributed by atoms with E-state index >= 15 is 0 Å². The van der Waals surface area contributed by atoms with Crippen molar-refractivity contribution >= 4 is 0 Å². The van der Waals surface area contributed by atoms with Gasteiger partial charge in [-0.25, -0.2) is 17.6 Å². The molecule has 1 fully saturated rings. The zero-order valence-electron chi connectivity index (χ0n) is 19.2. The molecule has 1 aliphatic rings. The van der Waals surface area contributed by atoms with E-state index in [-0.39, 0.29) is 17.0 Å². The number of halogens is 4. The van der Waals surface area contributed by atoms with E-state index in [1.54, 1.807) is 48.5 Å². The average Bonchev–Trinajstić information content (AvgIpc) is 2.83. The van der Waals surface area contributed by atoms with Gasteiger partial charge in [-0.15, -0.1) is 0 Å². The van der Waals surface area contributed by atoms with Crippen LogP contribution in [0.1, 0.15) is 69.4 Å². The van der Waals surface area contributed by atoms with Gasteiger partial charge in [-0.05, 0) is 59.8 Å². The second-order valence-corrected chi connectivity index (χ2v) is 9.37. The Kier molecular flexibility index (Phi) is 7.21. The summed E-state index contributed by atoms with van der Waals surface area (Å²) in [5.41, 5.74) is 2.16.